The van der Waals surface area contributed by atoms with Crippen LogP contribution in [-0.2, 0) is 9.53 Å². The molecule has 0 fully saturated rings. The van der Waals surface area contributed by atoms with E-state index in [2.05, 4.69) is 4.74 Å². The fourth-order valence-electron chi connectivity index (χ4n) is 1.96. The average molecular weight is 321 g/mol. The summed E-state index contributed by atoms with van der Waals surface area (Å²) in [7, 11) is 1.36. The van der Waals surface area contributed by atoms with E-state index in [0.29, 0.717) is 10.0 Å². The number of esters is 1. The van der Waals surface area contributed by atoms with E-state index < -0.39 is 0 Å². The molecular weight excluding hydrogens is 307 g/mol. The van der Waals surface area contributed by atoms with Crippen LogP contribution >= 0.6 is 23.2 Å². The lowest BCUT2D eigenvalue weighted by Gasteiger charge is -2.07. The van der Waals surface area contributed by atoms with Crippen molar-refractivity contribution >= 4 is 34.7 Å². The third-order valence-electron chi connectivity index (χ3n) is 3.12. The van der Waals surface area contributed by atoms with Gasteiger partial charge in [0.05, 0.1) is 7.11 Å². The highest BCUT2D eigenvalue weighted by atomic mass is 35.5. The van der Waals surface area contributed by atoms with Gasteiger partial charge in [0, 0.05) is 21.7 Å². The predicted octanol–water partition coefficient (Wildman–Crippen LogP) is 5.24. The highest BCUT2D eigenvalue weighted by Crippen LogP contribution is 2.31. The fraction of sp³-hybridized carbons (Fsp3) is 0.118. The normalized spacial score (nSPS) is 11.3. The fourth-order valence-corrected chi connectivity index (χ4v) is 2.47. The van der Waals surface area contributed by atoms with Crippen LogP contribution in [0.1, 0.15) is 12.5 Å². The number of hydrogen-bond acceptors (Lipinski definition) is 2. The topological polar surface area (TPSA) is 26.3 Å². The van der Waals surface area contributed by atoms with Crippen LogP contribution in [0, 0.1) is 0 Å². The smallest absolute Gasteiger partial charge is 0.330 e. The van der Waals surface area contributed by atoms with E-state index in [9.17, 15) is 4.79 Å². The van der Waals surface area contributed by atoms with Gasteiger partial charge in [-0.25, -0.2) is 4.79 Å². The molecule has 21 heavy (non-hydrogen) atoms. The second-order valence-electron chi connectivity index (χ2n) is 4.55. The van der Waals surface area contributed by atoms with E-state index >= 15 is 0 Å². The summed E-state index contributed by atoms with van der Waals surface area (Å²) in [4.78, 5) is 11.2. The molecule has 0 heterocycles. The standard InChI is InChI=1S/C17H14Cl2O2/c1-11(9-17(20)21-2)12-3-5-13(6-4-12)15-8-7-14(18)10-16(15)19/h3-10H,1-2H3/b11-9-. The van der Waals surface area contributed by atoms with Crippen LogP contribution in [0.2, 0.25) is 10.0 Å². The summed E-state index contributed by atoms with van der Waals surface area (Å²) in [6, 6.07) is 13.2. The quantitative estimate of drug-likeness (QED) is 0.571. The van der Waals surface area contributed by atoms with Crippen LogP contribution < -0.4 is 0 Å². The number of halogens is 2. The molecule has 2 rings (SSSR count). The summed E-state index contributed by atoms with van der Waals surface area (Å²) in [5, 5.41) is 1.22. The van der Waals surface area contributed by atoms with E-state index in [0.717, 1.165) is 22.3 Å². The highest BCUT2D eigenvalue weighted by Gasteiger charge is 2.05. The molecule has 0 bridgehead atoms. The van der Waals surface area contributed by atoms with E-state index in [4.69, 9.17) is 23.2 Å². The monoisotopic (exact) mass is 320 g/mol. The number of allylic oxidation sites excluding steroid dienone is 1. The minimum absolute atomic E-state index is 0.364. The Bertz CT molecular complexity index is 688. The number of carbonyl (C=O) groups excluding carboxylic acids is 1. The van der Waals surface area contributed by atoms with Gasteiger partial charge >= 0.3 is 5.97 Å². The molecule has 2 aromatic carbocycles. The molecule has 0 aliphatic heterocycles. The Morgan fingerprint density at radius 2 is 1.76 bits per heavy atom. The third kappa shape index (κ3) is 3.87. The van der Waals surface area contributed by atoms with Crippen molar-refractivity contribution in [1.82, 2.24) is 0 Å². The van der Waals surface area contributed by atoms with E-state index in [-0.39, 0.29) is 5.97 Å². The summed E-state index contributed by atoms with van der Waals surface area (Å²) in [5.74, 6) is -0.364. The Kier molecular flexibility index (Phi) is 5.05. The number of benzene rings is 2. The molecule has 0 aromatic heterocycles. The van der Waals surface area contributed by atoms with E-state index in [1.807, 2.05) is 37.3 Å². The average Bonchev–Trinajstić information content (AvgIpc) is 2.47. The van der Waals surface area contributed by atoms with Crippen LogP contribution in [0.5, 0.6) is 0 Å². The first-order chi connectivity index (χ1) is 10.0. The number of methoxy groups -OCH3 is 1. The molecule has 108 valence electrons. The van der Waals surface area contributed by atoms with Gasteiger partial charge < -0.3 is 4.74 Å². The maximum Gasteiger partial charge on any atom is 0.330 e. The number of carbonyl (C=O) groups is 1. The number of hydrogen-bond donors (Lipinski definition) is 0. The molecule has 0 aliphatic rings. The van der Waals surface area contributed by atoms with Gasteiger partial charge in [-0.3, -0.25) is 0 Å². The molecule has 0 saturated heterocycles. The molecule has 0 N–H and O–H groups in total. The first-order valence-electron chi connectivity index (χ1n) is 6.33. The zero-order valence-electron chi connectivity index (χ0n) is 11.7. The van der Waals surface area contributed by atoms with Gasteiger partial charge in [0.25, 0.3) is 0 Å². The Hall–Kier alpha value is -1.77. The lowest BCUT2D eigenvalue weighted by atomic mass is 10.0. The van der Waals surface area contributed by atoms with Crippen LogP contribution in [0.3, 0.4) is 0 Å². The molecule has 4 heteroatoms. The first kappa shape index (κ1) is 15.6. The summed E-state index contributed by atoms with van der Waals surface area (Å²) in [6.07, 6.45) is 1.46. The van der Waals surface area contributed by atoms with Crippen molar-refractivity contribution in [3.63, 3.8) is 0 Å². The van der Waals surface area contributed by atoms with Crippen molar-refractivity contribution in [3.05, 3.63) is 64.1 Å². The minimum Gasteiger partial charge on any atom is -0.466 e. The molecular formula is C17H14Cl2O2. The van der Waals surface area contributed by atoms with Gasteiger partial charge in [0.1, 0.15) is 0 Å². The maximum atomic E-state index is 11.2. The Morgan fingerprint density at radius 1 is 1.10 bits per heavy atom. The summed E-state index contributed by atoms with van der Waals surface area (Å²) in [5.41, 5.74) is 3.71. The van der Waals surface area contributed by atoms with Crippen molar-refractivity contribution in [1.29, 1.82) is 0 Å². The van der Waals surface area contributed by atoms with Crippen LogP contribution in [0.15, 0.2) is 48.5 Å². The van der Waals surface area contributed by atoms with E-state index in [1.54, 1.807) is 12.1 Å². The zero-order chi connectivity index (χ0) is 15.4. The molecule has 0 saturated carbocycles. The molecule has 0 aliphatic carbocycles. The van der Waals surface area contributed by atoms with Crippen LogP contribution in [-0.4, -0.2) is 13.1 Å². The largest absolute Gasteiger partial charge is 0.466 e. The molecule has 0 spiro atoms. The van der Waals surface area contributed by atoms with Crippen molar-refractivity contribution in [3.8, 4) is 11.1 Å². The van der Waals surface area contributed by atoms with Gasteiger partial charge in [-0.2, -0.15) is 0 Å². The zero-order valence-corrected chi connectivity index (χ0v) is 13.2. The third-order valence-corrected chi connectivity index (χ3v) is 3.67. The molecule has 0 radical (unpaired) electrons. The maximum absolute atomic E-state index is 11.2. The van der Waals surface area contributed by atoms with Crippen LogP contribution in [0.4, 0.5) is 0 Å². The Morgan fingerprint density at radius 3 is 2.33 bits per heavy atom. The van der Waals surface area contributed by atoms with Crippen molar-refractivity contribution in [2.24, 2.45) is 0 Å². The van der Waals surface area contributed by atoms with Gasteiger partial charge in [-0.15, -0.1) is 0 Å². The van der Waals surface area contributed by atoms with Crippen molar-refractivity contribution in [2.75, 3.05) is 7.11 Å². The Labute approximate surface area is 134 Å². The van der Waals surface area contributed by atoms with Gasteiger partial charge in [0.15, 0.2) is 0 Å². The predicted molar refractivity (Wildman–Crippen MR) is 87.6 cm³/mol. The van der Waals surface area contributed by atoms with Gasteiger partial charge in [-0.05, 0) is 35.8 Å². The molecule has 0 amide bonds. The number of ether oxygens (including phenoxy) is 1. The molecule has 2 nitrogen and oxygen atoms in total. The van der Waals surface area contributed by atoms with Crippen LogP contribution in [0.25, 0.3) is 16.7 Å². The lowest BCUT2D eigenvalue weighted by molar-refractivity contribution is -0.134. The molecule has 0 unspecified atom stereocenters. The summed E-state index contributed by atoms with van der Waals surface area (Å²) in [6.45, 7) is 1.86. The SMILES string of the molecule is COC(=O)/C=C(/C)c1ccc(-c2ccc(Cl)cc2Cl)cc1. The van der Waals surface area contributed by atoms with Crippen molar-refractivity contribution < 1.29 is 9.53 Å². The summed E-state index contributed by atoms with van der Waals surface area (Å²) < 4.78 is 4.62. The van der Waals surface area contributed by atoms with Gasteiger partial charge in [0.2, 0.25) is 0 Å². The highest BCUT2D eigenvalue weighted by molar-refractivity contribution is 6.36. The first-order valence-corrected chi connectivity index (χ1v) is 7.09. The van der Waals surface area contributed by atoms with E-state index in [1.165, 1.54) is 13.2 Å². The molecule has 0 atom stereocenters. The Balaban J connectivity index is 2.31. The summed E-state index contributed by atoms with van der Waals surface area (Å²) >= 11 is 12.1. The minimum atomic E-state index is -0.364. The second kappa shape index (κ2) is 6.79. The lowest BCUT2D eigenvalue weighted by Crippen LogP contribution is -1.95. The second-order valence-corrected chi connectivity index (χ2v) is 5.40. The number of rotatable bonds is 3. The van der Waals surface area contributed by atoms with Gasteiger partial charge in [-0.1, -0.05) is 53.5 Å². The van der Waals surface area contributed by atoms with Crippen molar-refractivity contribution in [2.45, 2.75) is 6.92 Å². The molecule has 2 aromatic rings.